The van der Waals surface area contributed by atoms with Crippen molar-refractivity contribution >= 4 is 17.8 Å². The van der Waals surface area contributed by atoms with Crippen LogP contribution in [0, 0.1) is 6.42 Å². The molecule has 0 bridgehead atoms. The fraction of sp³-hybridized carbons (Fsp3) is 0. The number of allylic oxidation sites excluding steroid dienone is 1. The van der Waals surface area contributed by atoms with E-state index in [9.17, 15) is 9.59 Å². The number of carbonyl (C=O) groups is 2. The van der Waals surface area contributed by atoms with E-state index in [0.29, 0.717) is 11.3 Å². The summed E-state index contributed by atoms with van der Waals surface area (Å²) >= 11 is 0. The Balaban J connectivity index is 2.50. The topological polar surface area (TPSA) is 90.4 Å². The number of H-pyrrole nitrogens is 1. The molecule has 1 aliphatic carbocycles. The van der Waals surface area contributed by atoms with Crippen LogP contribution in [0.2, 0.25) is 0 Å². The second-order valence-corrected chi connectivity index (χ2v) is 2.90. The van der Waals surface area contributed by atoms with E-state index in [1.165, 1.54) is 12.1 Å². The third-order valence-corrected chi connectivity index (χ3v) is 1.93. The Morgan fingerprint density at radius 1 is 1.43 bits per heavy atom. The van der Waals surface area contributed by atoms with Gasteiger partial charge in [-0.1, -0.05) is 0 Å². The molecule has 0 aliphatic heterocycles. The zero-order valence-electron chi connectivity index (χ0n) is 6.94. The first-order valence-corrected chi connectivity index (χ1v) is 3.84. The fourth-order valence-electron chi connectivity index (χ4n) is 1.26. The summed E-state index contributed by atoms with van der Waals surface area (Å²) in [5.41, 5.74) is 0.898. The molecule has 0 spiro atoms. The van der Waals surface area contributed by atoms with Crippen LogP contribution in [0.15, 0.2) is 11.8 Å². The van der Waals surface area contributed by atoms with Crippen molar-refractivity contribution in [2.24, 2.45) is 0 Å². The highest BCUT2D eigenvalue weighted by atomic mass is 16.4. The average molecular weight is 192 g/mol. The van der Waals surface area contributed by atoms with Crippen LogP contribution in [-0.2, 0) is 4.79 Å². The molecule has 0 saturated carbocycles. The number of hydrogen-bond acceptors (Lipinski definition) is 3. The van der Waals surface area contributed by atoms with Gasteiger partial charge in [0.05, 0.1) is 6.42 Å². The number of aromatic amines is 1. The van der Waals surface area contributed by atoms with E-state index in [2.05, 4.69) is 4.98 Å². The van der Waals surface area contributed by atoms with Crippen LogP contribution in [0.5, 0.6) is 0 Å². The van der Waals surface area contributed by atoms with Gasteiger partial charge in [-0.05, 0) is 12.1 Å². The molecular weight excluding hydrogens is 186 g/mol. The summed E-state index contributed by atoms with van der Waals surface area (Å²) in [5, 5.41) is 17.7. The Labute approximate surface area is 78.7 Å². The predicted octanol–water partition coefficient (Wildman–Crippen LogP) is 0.747. The number of rotatable bonds is 1. The van der Waals surface area contributed by atoms with Gasteiger partial charge in [-0.25, -0.2) is 4.79 Å². The van der Waals surface area contributed by atoms with E-state index >= 15 is 0 Å². The van der Waals surface area contributed by atoms with Crippen molar-refractivity contribution in [1.29, 1.82) is 0 Å². The third kappa shape index (κ3) is 1.19. The molecule has 0 unspecified atom stereocenters. The maximum absolute atomic E-state index is 11.0. The number of carboxylic acid groups (broad SMARTS) is 1. The van der Waals surface area contributed by atoms with Crippen molar-refractivity contribution in [1.82, 2.24) is 4.98 Å². The first-order chi connectivity index (χ1) is 6.58. The number of carbonyl (C=O) groups excluding carboxylic acids is 1. The number of aromatic carboxylic acids is 1. The van der Waals surface area contributed by atoms with Gasteiger partial charge in [0, 0.05) is 11.3 Å². The number of fused-ring (bicyclic) bond motifs is 1. The highest BCUT2D eigenvalue weighted by molar-refractivity contribution is 6.08. The van der Waals surface area contributed by atoms with Crippen LogP contribution >= 0.6 is 0 Å². The Morgan fingerprint density at radius 2 is 2.14 bits per heavy atom. The van der Waals surface area contributed by atoms with Gasteiger partial charge in [-0.3, -0.25) is 4.79 Å². The molecule has 1 aromatic rings. The molecule has 2 rings (SSSR count). The Morgan fingerprint density at radius 3 is 2.79 bits per heavy atom. The van der Waals surface area contributed by atoms with Crippen molar-refractivity contribution < 1.29 is 19.8 Å². The number of nitrogens with one attached hydrogen (secondary N) is 1. The van der Waals surface area contributed by atoms with Crippen LogP contribution in [0.3, 0.4) is 0 Å². The average Bonchev–Trinajstić information content (AvgIpc) is 2.48. The lowest BCUT2D eigenvalue weighted by molar-refractivity contribution is -0.114. The van der Waals surface area contributed by atoms with Gasteiger partial charge >= 0.3 is 5.97 Å². The molecule has 0 fully saturated rings. The van der Waals surface area contributed by atoms with Gasteiger partial charge in [0.2, 0.25) is 5.78 Å². The van der Waals surface area contributed by atoms with Crippen molar-refractivity contribution in [3.63, 3.8) is 0 Å². The molecule has 1 aromatic heterocycles. The van der Waals surface area contributed by atoms with Gasteiger partial charge in [-0.2, -0.15) is 0 Å². The van der Waals surface area contributed by atoms with Crippen LogP contribution in [0.1, 0.15) is 21.7 Å². The number of aliphatic hydroxyl groups is 1. The Bertz CT molecular complexity index is 455. The van der Waals surface area contributed by atoms with E-state index in [-0.39, 0.29) is 11.5 Å². The van der Waals surface area contributed by atoms with Crippen molar-refractivity contribution in [2.75, 3.05) is 0 Å². The van der Waals surface area contributed by atoms with Crippen molar-refractivity contribution in [3.8, 4) is 0 Å². The van der Waals surface area contributed by atoms with Crippen molar-refractivity contribution in [2.45, 2.75) is 0 Å². The minimum Gasteiger partial charge on any atom is -0.504 e. The minimum atomic E-state index is -1.10. The van der Waals surface area contributed by atoms with E-state index in [1.54, 1.807) is 0 Å². The molecule has 5 nitrogen and oxygen atoms in total. The van der Waals surface area contributed by atoms with E-state index < -0.39 is 11.8 Å². The smallest absolute Gasteiger partial charge is 0.352 e. The first kappa shape index (κ1) is 8.55. The lowest BCUT2D eigenvalue weighted by atomic mass is 10.0. The van der Waals surface area contributed by atoms with Gasteiger partial charge < -0.3 is 15.2 Å². The number of hydrogen-bond donors (Lipinski definition) is 3. The SMILES string of the molecule is O=C1[CH]c2[nH]c(C(=O)O)cc2C=C1O. The fourth-order valence-corrected chi connectivity index (χ4v) is 1.26. The van der Waals surface area contributed by atoms with E-state index in [1.807, 2.05) is 0 Å². The maximum Gasteiger partial charge on any atom is 0.352 e. The van der Waals surface area contributed by atoms with E-state index in [0.717, 1.165) is 6.42 Å². The van der Waals surface area contributed by atoms with E-state index in [4.69, 9.17) is 10.2 Å². The third-order valence-electron chi connectivity index (χ3n) is 1.93. The minimum absolute atomic E-state index is 0.00926. The maximum atomic E-state index is 11.0. The zero-order valence-corrected chi connectivity index (χ0v) is 6.94. The van der Waals surface area contributed by atoms with Gasteiger partial charge in [-0.15, -0.1) is 0 Å². The molecule has 0 saturated heterocycles. The molecule has 0 aromatic carbocycles. The number of aromatic nitrogens is 1. The molecule has 1 radical (unpaired) electrons. The normalized spacial score (nSPS) is 14.9. The number of Topliss-reactive ketones (excluding diaryl/α,β-unsaturated/α-hetero) is 1. The lowest BCUT2D eigenvalue weighted by Crippen LogP contribution is -2.09. The van der Waals surface area contributed by atoms with Gasteiger partial charge in [0.1, 0.15) is 5.69 Å². The summed E-state index contributed by atoms with van der Waals surface area (Å²) in [4.78, 5) is 24.1. The second kappa shape index (κ2) is 2.73. The summed E-state index contributed by atoms with van der Waals surface area (Å²) in [6.45, 7) is 0. The van der Waals surface area contributed by atoms with Gasteiger partial charge in [0.25, 0.3) is 0 Å². The highest BCUT2D eigenvalue weighted by Gasteiger charge is 2.21. The molecule has 3 N–H and O–H groups in total. The van der Waals surface area contributed by atoms with Crippen LogP contribution < -0.4 is 0 Å². The second-order valence-electron chi connectivity index (χ2n) is 2.90. The number of carboxylic acids is 1. The van der Waals surface area contributed by atoms with Crippen LogP contribution in [0.4, 0.5) is 0 Å². The highest BCUT2D eigenvalue weighted by Crippen LogP contribution is 2.22. The molecule has 71 valence electrons. The quantitative estimate of drug-likeness (QED) is 0.612. The van der Waals surface area contributed by atoms with Crippen molar-refractivity contribution in [3.05, 3.63) is 35.2 Å². The summed E-state index contributed by atoms with van der Waals surface area (Å²) in [7, 11) is 0. The molecule has 14 heavy (non-hydrogen) atoms. The molecular formula is C9H6NO4. The lowest BCUT2D eigenvalue weighted by Gasteiger charge is -2.05. The molecule has 0 atom stereocenters. The molecule has 1 heterocycles. The summed E-state index contributed by atoms with van der Waals surface area (Å²) < 4.78 is 0. The largest absolute Gasteiger partial charge is 0.504 e. The van der Waals surface area contributed by atoms with Gasteiger partial charge in [0.15, 0.2) is 5.76 Å². The Hall–Kier alpha value is -2.04. The molecule has 1 aliphatic rings. The summed E-state index contributed by atoms with van der Waals surface area (Å²) in [6, 6.07) is 1.36. The summed E-state index contributed by atoms with van der Waals surface area (Å²) in [6.07, 6.45) is 2.40. The molecule has 5 heteroatoms. The van der Waals surface area contributed by atoms with Crippen LogP contribution in [0.25, 0.3) is 6.08 Å². The Kier molecular flexibility index (Phi) is 1.67. The molecule has 0 amide bonds. The monoisotopic (exact) mass is 192 g/mol. The first-order valence-electron chi connectivity index (χ1n) is 3.84. The number of aliphatic hydroxyl groups excluding tert-OH is 1. The number of ketones is 1. The van der Waals surface area contributed by atoms with Crippen LogP contribution in [-0.4, -0.2) is 26.9 Å². The zero-order chi connectivity index (χ0) is 10.3. The predicted molar refractivity (Wildman–Crippen MR) is 46.8 cm³/mol. The standard InChI is InChI=1S/C9H6NO4/c11-7-2-4-1-6(9(13)14)10-5(4)3-8(7)12/h1-3,10-11H,(H,13,14). The summed E-state index contributed by atoms with van der Waals surface area (Å²) in [5.74, 6) is -2.02.